The molecule has 1 amide bonds. The number of hydrogen-bond donors (Lipinski definition) is 0. The van der Waals surface area contributed by atoms with Crippen molar-refractivity contribution in [2.24, 2.45) is 5.10 Å². The number of amides is 1. The second kappa shape index (κ2) is 9.24. The Hall–Kier alpha value is -2.64. The molecular formula is C24H27F2N3O2. The van der Waals surface area contributed by atoms with Crippen LogP contribution in [0.4, 0.5) is 8.78 Å². The van der Waals surface area contributed by atoms with E-state index < -0.39 is 17.2 Å². The molecule has 2 aromatic carbocycles. The summed E-state index contributed by atoms with van der Waals surface area (Å²) in [5.41, 5.74) is 0.718. The Balaban J connectivity index is 1.66. The summed E-state index contributed by atoms with van der Waals surface area (Å²) in [6.45, 7) is 5.60. The molecular weight excluding hydrogens is 400 g/mol. The molecule has 0 radical (unpaired) electrons. The van der Waals surface area contributed by atoms with Gasteiger partial charge in [-0.15, -0.1) is 0 Å². The van der Waals surface area contributed by atoms with Gasteiger partial charge >= 0.3 is 0 Å². The van der Waals surface area contributed by atoms with E-state index in [0.29, 0.717) is 18.6 Å². The first kappa shape index (κ1) is 21.6. The van der Waals surface area contributed by atoms with Gasteiger partial charge in [0.15, 0.2) is 0 Å². The van der Waals surface area contributed by atoms with Crippen LogP contribution in [-0.2, 0) is 15.1 Å². The Kier molecular flexibility index (Phi) is 6.43. The number of halogens is 2. The van der Waals surface area contributed by atoms with Crippen molar-refractivity contribution in [3.05, 3.63) is 71.3 Å². The minimum Gasteiger partial charge on any atom is -0.379 e. The largest absolute Gasteiger partial charge is 0.379 e. The molecule has 5 nitrogen and oxygen atoms in total. The molecule has 164 valence electrons. The van der Waals surface area contributed by atoms with E-state index in [1.807, 2.05) is 30.3 Å². The Morgan fingerprint density at radius 1 is 1.13 bits per heavy atom. The van der Waals surface area contributed by atoms with E-state index >= 15 is 0 Å². The number of hydrogen-bond acceptors (Lipinski definition) is 4. The van der Waals surface area contributed by atoms with Gasteiger partial charge in [0, 0.05) is 32.0 Å². The molecule has 0 N–H and O–H groups in total. The minimum atomic E-state index is -0.729. The lowest BCUT2D eigenvalue weighted by Gasteiger charge is -2.37. The van der Waals surface area contributed by atoms with E-state index in [9.17, 15) is 13.6 Å². The number of ether oxygens (including phenoxy) is 1. The van der Waals surface area contributed by atoms with Crippen LogP contribution in [0, 0.1) is 11.6 Å². The van der Waals surface area contributed by atoms with Crippen LogP contribution in [-0.4, -0.2) is 54.4 Å². The first-order valence-corrected chi connectivity index (χ1v) is 10.7. The number of nitrogens with zero attached hydrogens (tertiary/aromatic N) is 3. The van der Waals surface area contributed by atoms with Crippen LogP contribution < -0.4 is 0 Å². The normalized spacial score (nSPS) is 21.9. The van der Waals surface area contributed by atoms with Crippen molar-refractivity contribution in [2.75, 3.05) is 32.8 Å². The second-order valence-electron chi connectivity index (χ2n) is 8.13. The lowest BCUT2D eigenvalue weighted by Crippen LogP contribution is -2.44. The average molecular weight is 427 g/mol. The minimum absolute atomic E-state index is 0.109. The van der Waals surface area contributed by atoms with Gasteiger partial charge in [0.2, 0.25) is 5.91 Å². The number of hydrazone groups is 1. The number of morpholine rings is 1. The van der Waals surface area contributed by atoms with Gasteiger partial charge in [-0.2, -0.15) is 5.10 Å². The fraction of sp³-hybridized carbons (Fsp3) is 0.417. The summed E-state index contributed by atoms with van der Waals surface area (Å²) >= 11 is 0. The van der Waals surface area contributed by atoms with Crippen molar-refractivity contribution >= 4 is 11.6 Å². The summed E-state index contributed by atoms with van der Waals surface area (Å²) in [4.78, 5) is 15.0. The third-order valence-corrected chi connectivity index (χ3v) is 6.10. The highest BCUT2D eigenvalue weighted by molar-refractivity contribution is 6.03. The molecule has 0 spiro atoms. The van der Waals surface area contributed by atoms with E-state index in [0.717, 1.165) is 63.0 Å². The lowest BCUT2D eigenvalue weighted by atomic mass is 9.80. The molecule has 0 aliphatic carbocycles. The van der Waals surface area contributed by atoms with E-state index in [1.54, 1.807) is 0 Å². The summed E-state index contributed by atoms with van der Waals surface area (Å²) in [6, 6.07) is 13.1. The average Bonchev–Trinajstić information content (AvgIpc) is 3.18. The van der Waals surface area contributed by atoms with Gasteiger partial charge in [-0.1, -0.05) is 30.3 Å². The fourth-order valence-electron chi connectivity index (χ4n) is 4.57. The quantitative estimate of drug-likeness (QED) is 0.702. The van der Waals surface area contributed by atoms with Crippen LogP contribution in [0.1, 0.15) is 37.3 Å². The zero-order valence-corrected chi connectivity index (χ0v) is 17.7. The van der Waals surface area contributed by atoms with Crippen LogP contribution in [0.2, 0.25) is 0 Å². The van der Waals surface area contributed by atoms with E-state index in [-0.39, 0.29) is 11.5 Å². The lowest BCUT2D eigenvalue weighted by molar-refractivity contribution is -0.135. The van der Waals surface area contributed by atoms with Crippen LogP contribution in [0.3, 0.4) is 0 Å². The maximum Gasteiger partial charge on any atom is 0.240 e. The highest BCUT2D eigenvalue weighted by Gasteiger charge is 2.46. The molecule has 2 aromatic rings. The number of rotatable bonds is 6. The summed E-state index contributed by atoms with van der Waals surface area (Å²) in [5.74, 6) is -1.29. The molecule has 1 fully saturated rings. The molecule has 2 aliphatic rings. The molecule has 1 saturated heterocycles. The van der Waals surface area contributed by atoms with Crippen molar-refractivity contribution in [3.63, 3.8) is 0 Å². The molecule has 1 atom stereocenters. The van der Waals surface area contributed by atoms with Gasteiger partial charge in [-0.25, -0.2) is 13.8 Å². The Labute approximate surface area is 181 Å². The Bertz CT molecular complexity index is 961. The predicted molar refractivity (Wildman–Crippen MR) is 115 cm³/mol. The highest BCUT2D eigenvalue weighted by Crippen LogP contribution is 2.43. The second-order valence-corrected chi connectivity index (χ2v) is 8.13. The highest BCUT2D eigenvalue weighted by atomic mass is 19.1. The Morgan fingerprint density at radius 2 is 1.87 bits per heavy atom. The number of benzene rings is 2. The monoisotopic (exact) mass is 427 g/mol. The van der Waals surface area contributed by atoms with Gasteiger partial charge < -0.3 is 4.74 Å². The number of carbonyl (C=O) groups excluding carboxylic acids is 1. The summed E-state index contributed by atoms with van der Waals surface area (Å²) < 4.78 is 33.8. The first-order chi connectivity index (χ1) is 15.0. The topological polar surface area (TPSA) is 45.1 Å². The van der Waals surface area contributed by atoms with Crippen molar-refractivity contribution in [2.45, 2.75) is 31.7 Å². The molecule has 0 saturated carbocycles. The molecule has 0 aromatic heterocycles. The van der Waals surface area contributed by atoms with Crippen molar-refractivity contribution < 1.29 is 18.3 Å². The SMILES string of the molecule is CC(=O)N1N=C(c2cc(F)ccc2F)C[C@@]1(CCCN1CCOCC1)c1ccccc1. The number of carbonyl (C=O) groups is 1. The molecule has 7 heteroatoms. The van der Waals surface area contributed by atoms with Gasteiger partial charge in [-0.05, 0) is 43.1 Å². The zero-order chi connectivity index (χ0) is 21.8. The fourth-order valence-corrected chi connectivity index (χ4v) is 4.57. The molecule has 31 heavy (non-hydrogen) atoms. The van der Waals surface area contributed by atoms with E-state index in [2.05, 4.69) is 10.0 Å². The van der Waals surface area contributed by atoms with Crippen molar-refractivity contribution in [1.29, 1.82) is 0 Å². The molecule has 0 bridgehead atoms. The predicted octanol–water partition coefficient (Wildman–Crippen LogP) is 3.93. The molecule has 2 aliphatic heterocycles. The van der Waals surface area contributed by atoms with E-state index in [4.69, 9.17) is 4.74 Å². The van der Waals surface area contributed by atoms with Crippen molar-refractivity contribution in [3.8, 4) is 0 Å². The summed E-state index contributed by atoms with van der Waals surface area (Å²) in [6.07, 6.45) is 1.84. The van der Waals surface area contributed by atoms with Gasteiger partial charge in [-0.3, -0.25) is 9.69 Å². The smallest absolute Gasteiger partial charge is 0.240 e. The zero-order valence-electron chi connectivity index (χ0n) is 17.7. The molecule has 4 rings (SSSR count). The standard InChI is InChI=1S/C24H27F2N3O2/c1-18(30)29-24(19-6-3-2-4-7-19,10-5-11-28-12-14-31-15-13-28)17-23(27-29)21-16-20(25)8-9-22(21)26/h2-4,6-9,16H,5,10-15,17H2,1H3/t24-/m0/s1. The maximum atomic E-state index is 14.5. The van der Waals surface area contributed by atoms with Crippen LogP contribution in [0.25, 0.3) is 0 Å². The maximum absolute atomic E-state index is 14.5. The first-order valence-electron chi connectivity index (χ1n) is 10.7. The van der Waals surface area contributed by atoms with Crippen LogP contribution in [0.5, 0.6) is 0 Å². The third-order valence-electron chi connectivity index (χ3n) is 6.10. The summed E-state index contributed by atoms with van der Waals surface area (Å²) in [7, 11) is 0. The third kappa shape index (κ3) is 4.52. The van der Waals surface area contributed by atoms with Gasteiger partial charge in [0.05, 0.1) is 24.5 Å². The Morgan fingerprint density at radius 3 is 2.58 bits per heavy atom. The van der Waals surface area contributed by atoms with Crippen LogP contribution >= 0.6 is 0 Å². The van der Waals surface area contributed by atoms with Crippen molar-refractivity contribution in [1.82, 2.24) is 9.91 Å². The van der Waals surface area contributed by atoms with Gasteiger partial charge in [0.1, 0.15) is 11.6 Å². The molecule has 2 heterocycles. The summed E-state index contributed by atoms with van der Waals surface area (Å²) in [5, 5.41) is 5.99. The van der Waals surface area contributed by atoms with E-state index in [1.165, 1.54) is 11.9 Å². The van der Waals surface area contributed by atoms with Crippen LogP contribution in [0.15, 0.2) is 53.6 Å². The molecule has 0 unspecified atom stereocenters. The van der Waals surface area contributed by atoms with Gasteiger partial charge in [0.25, 0.3) is 0 Å².